The van der Waals surface area contributed by atoms with Crippen LogP contribution in [0.5, 0.6) is 5.75 Å². The molecule has 0 amide bonds. The molecule has 0 bridgehead atoms. The molecule has 0 aromatic heterocycles. The third-order valence-electron chi connectivity index (χ3n) is 2.90. The Morgan fingerprint density at radius 3 is 2.60 bits per heavy atom. The number of benzene rings is 1. The number of sulfonamides is 1. The molecule has 1 atom stereocenters. The molecule has 7 heteroatoms. The largest absolute Gasteiger partial charge is 0.497 e. The highest BCUT2D eigenvalue weighted by atomic mass is 32.2. The zero-order chi connectivity index (χ0) is 15.2. The van der Waals surface area contributed by atoms with E-state index in [0.29, 0.717) is 11.3 Å². The molecule has 2 N–H and O–H groups in total. The molecule has 1 aromatic rings. The maximum absolute atomic E-state index is 12.3. The molecule has 0 aliphatic carbocycles. The average Bonchev–Trinajstić information content (AvgIpc) is 2.44. The first-order valence-corrected chi connectivity index (χ1v) is 7.73. The molecule has 20 heavy (non-hydrogen) atoms. The van der Waals surface area contributed by atoms with E-state index in [1.165, 1.54) is 20.3 Å². The van der Waals surface area contributed by atoms with Gasteiger partial charge in [-0.2, -0.15) is 0 Å². The van der Waals surface area contributed by atoms with E-state index in [0.717, 1.165) is 0 Å². The van der Waals surface area contributed by atoms with E-state index in [-0.39, 0.29) is 30.6 Å². The van der Waals surface area contributed by atoms with Gasteiger partial charge < -0.3 is 14.6 Å². The summed E-state index contributed by atoms with van der Waals surface area (Å²) in [6.45, 7) is 1.82. The van der Waals surface area contributed by atoms with Crippen LogP contribution in [0.1, 0.15) is 12.5 Å². The number of hydrogen-bond acceptors (Lipinski definition) is 5. The third kappa shape index (κ3) is 4.45. The van der Waals surface area contributed by atoms with Crippen molar-refractivity contribution in [2.24, 2.45) is 0 Å². The highest BCUT2D eigenvalue weighted by molar-refractivity contribution is 7.89. The molecule has 6 nitrogen and oxygen atoms in total. The summed E-state index contributed by atoms with van der Waals surface area (Å²) in [5.41, 5.74) is 0.518. The molecule has 0 aliphatic heterocycles. The SMILES string of the molecule is COc1ccc(S(=O)(=O)NCC(C)OC)c(CCO)c1. The van der Waals surface area contributed by atoms with Gasteiger partial charge in [0.05, 0.1) is 18.1 Å². The van der Waals surface area contributed by atoms with E-state index in [1.54, 1.807) is 19.1 Å². The maximum Gasteiger partial charge on any atom is 0.240 e. The van der Waals surface area contributed by atoms with Crippen molar-refractivity contribution in [1.82, 2.24) is 4.72 Å². The first-order valence-electron chi connectivity index (χ1n) is 6.24. The fraction of sp³-hybridized carbons (Fsp3) is 0.538. The van der Waals surface area contributed by atoms with Crippen LogP contribution in [-0.2, 0) is 21.2 Å². The van der Waals surface area contributed by atoms with Gasteiger partial charge in [0, 0.05) is 20.3 Å². The van der Waals surface area contributed by atoms with Crippen molar-refractivity contribution in [3.63, 3.8) is 0 Å². The minimum Gasteiger partial charge on any atom is -0.497 e. The Balaban J connectivity index is 3.03. The summed E-state index contributed by atoms with van der Waals surface area (Å²) in [6.07, 6.45) is 0.0251. The molecule has 1 unspecified atom stereocenters. The van der Waals surface area contributed by atoms with Crippen LogP contribution in [0.4, 0.5) is 0 Å². The molecule has 0 aliphatic rings. The zero-order valence-electron chi connectivity index (χ0n) is 11.9. The summed E-state index contributed by atoms with van der Waals surface area (Å²) in [7, 11) is -0.618. The predicted molar refractivity (Wildman–Crippen MR) is 75.4 cm³/mol. The van der Waals surface area contributed by atoms with Gasteiger partial charge in [-0.05, 0) is 37.1 Å². The van der Waals surface area contributed by atoms with Gasteiger partial charge in [0.15, 0.2) is 0 Å². The fourth-order valence-electron chi connectivity index (χ4n) is 1.65. The summed E-state index contributed by atoms with van der Waals surface area (Å²) in [5, 5.41) is 9.05. The molecule has 0 heterocycles. The number of aliphatic hydroxyl groups excluding tert-OH is 1. The van der Waals surface area contributed by atoms with Gasteiger partial charge in [-0.25, -0.2) is 13.1 Å². The highest BCUT2D eigenvalue weighted by Crippen LogP contribution is 2.22. The lowest BCUT2D eigenvalue weighted by Gasteiger charge is -2.14. The van der Waals surface area contributed by atoms with E-state index >= 15 is 0 Å². The molecular weight excluding hydrogens is 282 g/mol. The van der Waals surface area contributed by atoms with Crippen LogP contribution < -0.4 is 9.46 Å². The Bertz CT molecular complexity index is 530. The van der Waals surface area contributed by atoms with Crippen molar-refractivity contribution in [2.45, 2.75) is 24.3 Å². The number of methoxy groups -OCH3 is 2. The molecule has 0 fully saturated rings. The first kappa shape index (κ1) is 16.9. The Morgan fingerprint density at radius 2 is 2.05 bits per heavy atom. The minimum absolute atomic E-state index is 0.135. The van der Waals surface area contributed by atoms with Crippen LogP contribution in [0.2, 0.25) is 0 Å². The summed E-state index contributed by atoms with van der Waals surface area (Å²) >= 11 is 0. The second-order valence-electron chi connectivity index (χ2n) is 4.35. The summed E-state index contributed by atoms with van der Waals surface area (Å²) in [6, 6.07) is 4.67. The topological polar surface area (TPSA) is 84.9 Å². The lowest BCUT2D eigenvalue weighted by molar-refractivity contribution is 0.122. The average molecular weight is 303 g/mol. The standard InChI is InChI=1S/C13H21NO5S/c1-10(18-2)9-14-20(16,17)13-5-4-12(19-3)8-11(13)6-7-15/h4-5,8,10,14-15H,6-7,9H2,1-3H3. The normalized spacial score (nSPS) is 13.2. The van der Waals surface area contributed by atoms with Crippen molar-refractivity contribution < 1.29 is 23.0 Å². The van der Waals surface area contributed by atoms with E-state index in [1.807, 2.05) is 0 Å². The number of rotatable bonds is 8. The Morgan fingerprint density at radius 1 is 1.35 bits per heavy atom. The van der Waals surface area contributed by atoms with Crippen LogP contribution in [0.15, 0.2) is 23.1 Å². The molecule has 114 valence electrons. The highest BCUT2D eigenvalue weighted by Gasteiger charge is 2.19. The molecule has 1 rings (SSSR count). The summed E-state index contributed by atoms with van der Waals surface area (Å²) < 4.78 is 37.1. The molecule has 0 spiro atoms. The maximum atomic E-state index is 12.3. The van der Waals surface area contributed by atoms with Crippen LogP contribution in [0.25, 0.3) is 0 Å². The van der Waals surface area contributed by atoms with E-state index < -0.39 is 10.0 Å². The van der Waals surface area contributed by atoms with Gasteiger partial charge in [-0.1, -0.05) is 0 Å². The fourth-order valence-corrected chi connectivity index (χ4v) is 3.01. The molecule has 0 radical (unpaired) electrons. The van der Waals surface area contributed by atoms with Gasteiger partial charge in [-0.15, -0.1) is 0 Å². The Hall–Kier alpha value is -1.15. The van der Waals surface area contributed by atoms with E-state index in [2.05, 4.69) is 4.72 Å². The number of aliphatic hydroxyl groups is 1. The van der Waals surface area contributed by atoms with Crippen molar-refractivity contribution in [1.29, 1.82) is 0 Å². The second kappa shape index (κ2) is 7.58. The lowest BCUT2D eigenvalue weighted by atomic mass is 10.1. The summed E-state index contributed by atoms with van der Waals surface area (Å²) in [4.78, 5) is 0.149. The van der Waals surface area contributed by atoms with Crippen LogP contribution in [-0.4, -0.2) is 47.0 Å². The summed E-state index contributed by atoms with van der Waals surface area (Å²) in [5.74, 6) is 0.553. The van der Waals surface area contributed by atoms with Crippen LogP contribution in [0.3, 0.4) is 0 Å². The third-order valence-corrected chi connectivity index (χ3v) is 4.43. The zero-order valence-corrected chi connectivity index (χ0v) is 12.7. The molecular formula is C13H21NO5S. The molecule has 0 saturated carbocycles. The molecule has 1 aromatic carbocycles. The smallest absolute Gasteiger partial charge is 0.240 e. The predicted octanol–water partition coefficient (Wildman–Crippen LogP) is 0.543. The van der Waals surface area contributed by atoms with Crippen molar-refractivity contribution in [2.75, 3.05) is 27.4 Å². The van der Waals surface area contributed by atoms with E-state index in [4.69, 9.17) is 14.6 Å². The van der Waals surface area contributed by atoms with Gasteiger partial charge in [-0.3, -0.25) is 0 Å². The first-order chi connectivity index (χ1) is 9.44. The van der Waals surface area contributed by atoms with E-state index in [9.17, 15) is 8.42 Å². The van der Waals surface area contributed by atoms with Crippen LogP contribution >= 0.6 is 0 Å². The van der Waals surface area contributed by atoms with Gasteiger partial charge >= 0.3 is 0 Å². The number of ether oxygens (including phenoxy) is 2. The van der Waals surface area contributed by atoms with Gasteiger partial charge in [0.25, 0.3) is 0 Å². The second-order valence-corrected chi connectivity index (χ2v) is 6.08. The quantitative estimate of drug-likeness (QED) is 0.732. The van der Waals surface area contributed by atoms with Gasteiger partial charge in [0.1, 0.15) is 5.75 Å². The monoisotopic (exact) mass is 303 g/mol. The lowest BCUT2D eigenvalue weighted by Crippen LogP contribution is -2.32. The Kier molecular flexibility index (Phi) is 6.41. The Labute approximate surface area is 119 Å². The van der Waals surface area contributed by atoms with Crippen LogP contribution in [0, 0.1) is 0 Å². The van der Waals surface area contributed by atoms with Crippen molar-refractivity contribution in [3.8, 4) is 5.75 Å². The number of hydrogen-bond donors (Lipinski definition) is 2. The van der Waals surface area contributed by atoms with Gasteiger partial charge in [0.2, 0.25) is 10.0 Å². The number of nitrogens with one attached hydrogen (secondary N) is 1. The van der Waals surface area contributed by atoms with Crippen molar-refractivity contribution >= 4 is 10.0 Å². The van der Waals surface area contributed by atoms with Crippen molar-refractivity contribution in [3.05, 3.63) is 23.8 Å². The molecule has 0 saturated heterocycles. The minimum atomic E-state index is -3.64.